The Morgan fingerprint density at radius 2 is 1.42 bits per heavy atom. The van der Waals surface area contributed by atoms with Crippen LogP contribution in [-0.2, 0) is 14.3 Å². The first kappa shape index (κ1) is 26.1. The number of hydrogen-bond acceptors (Lipinski definition) is 7. The highest BCUT2D eigenvalue weighted by Crippen LogP contribution is 2.38. The molecular weight excluding hydrogens is 404 g/mol. The first-order chi connectivity index (χ1) is 14.6. The quantitative estimate of drug-likeness (QED) is 0.499. The Bertz CT molecular complexity index is 727. The van der Waals surface area contributed by atoms with Gasteiger partial charge >= 0.3 is 5.97 Å². The Labute approximate surface area is 184 Å². The number of carbonyl (C=O) groups excluding carboxylic acids is 3. The predicted octanol–water partition coefficient (Wildman–Crippen LogP) is 2.13. The standard InChI is InChI=1S/C22H34N2O7/c1-14(2)11-24(12-15(3)4)19(25)13-31-20(26)10-23-22(27)16-8-17(28-5)21(30-7)18(9-16)29-6/h8-9,14-15H,10-13H2,1-7H3,(H,23,27). The van der Waals surface area contributed by atoms with E-state index in [1.165, 1.54) is 33.5 Å². The molecule has 0 saturated heterocycles. The lowest BCUT2D eigenvalue weighted by Crippen LogP contribution is -2.40. The van der Waals surface area contributed by atoms with Crippen LogP contribution < -0.4 is 19.5 Å². The second kappa shape index (κ2) is 12.7. The molecule has 0 heterocycles. The van der Waals surface area contributed by atoms with Crippen molar-refractivity contribution >= 4 is 17.8 Å². The van der Waals surface area contributed by atoms with Crippen molar-refractivity contribution in [2.45, 2.75) is 27.7 Å². The van der Waals surface area contributed by atoms with Crippen LogP contribution in [0.4, 0.5) is 0 Å². The largest absolute Gasteiger partial charge is 0.493 e. The van der Waals surface area contributed by atoms with Crippen molar-refractivity contribution in [3.8, 4) is 17.2 Å². The van der Waals surface area contributed by atoms with E-state index in [4.69, 9.17) is 18.9 Å². The fourth-order valence-electron chi connectivity index (χ4n) is 2.91. The monoisotopic (exact) mass is 438 g/mol. The summed E-state index contributed by atoms with van der Waals surface area (Å²) >= 11 is 0. The third kappa shape index (κ3) is 8.35. The minimum absolute atomic E-state index is 0.221. The molecule has 0 aliphatic carbocycles. The van der Waals surface area contributed by atoms with Crippen LogP contribution in [0.2, 0.25) is 0 Å². The Balaban J connectivity index is 2.66. The Hall–Kier alpha value is -2.97. The zero-order valence-corrected chi connectivity index (χ0v) is 19.4. The second-order valence-electron chi connectivity index (χ2n) is 7.84. The summed E-state index contributed by atoms with van der Waals surface area (Å²) in [5.74, 6) is 0.101. The van der Waals surface area contributed by atoms with Crippen LogP contribution in [0.1, 0.15) is 38.1 Å². The summed E-state index contributed by atoms with van der Waals surface area (Å²) in [6.07, 6.45) is 0. The van der Waals surface area contributed by atoms with E-state index in [0.717, 1.165) is 0 Å². The predicted molar refractivity (Wildman–Crippen MR) is 116 cm³/mol. The van der Waals surface area contributed by atoms with Crippen LogP contribution in [0.25, 0.3) is 0 Å². The summed E-state index contributed by atoms with van der Waals surface area (Å²) < 4.78 is 20.7. The highest BCUT2D eigenvalue weighted by molar-refractivity contribution is 5.97. The van der Waals surface area contributed by atoms with E-state index in [9.17, 15) is 14.4 Å². The summed E-state index contributed by atoms with van der Waals surface area (Å²) in [6, 6.07) is 2.95. The average Bonchev–Trinajstić information content (AvgIpc) is 2.73. The van der Waals surface area contributed by atoms with Crippen LogP contribution in [-0.4, -0.2) is 70.3 Å². The van der Waals surface area contributed by atoms with Gasteiger partial charge in [0.15, 0.2) is 18.1 Å². The second-order valence-corrected chi connectivity index (χ2v) is 7.84. The zero-order chi connectivity index (χ0) is 23.6. The van der Waals surface area contributed by atoms with E-state index in [1.54, 1.807) is 4.90 Å². The number of benzene rings is 1. The molecule has 31 heavy (non-hydrogen) atoms. The van der Waals surface area contributed by atoms with E-state index in [0.29, 0.717) is 42.2 Å². The highest BCUT2D eigenvalue weighted by atomic mass is 16.5. The molecule has 0 aliphatic rings. The molecule has 9 nitrogen and oxygen atoms in total. The molecule has 0 spiro atoms. The topological polar surface area (TPSA) is 103 Å². The van der Waals surface area contributed by atoms with Gasteiger partial charge in [0.2, 0.25) is 5.75 Å². The minimum atomic E-state index is -0.705. The van der Waals surface area contributed by atoms with Crippen molar-refractivity contribution in [1.82, 2.24) is 10.2 Å². The fourth-order valence-corrected chi connectivity index (χ4v) is 2.91. The van der Waals surface area contributed by atoms with Crippen molar-refractivity contribution in [2.75, 3.05) is 47.6 Å². The van der Waals surface area contributed by atoms with Gasteiger partial charge in [0.1, 0.15) is 6.54 Å². The van der Waals surface area contributed by atoms with Gasteiger partial charge < -0.3 is 29.2 Å². The van der Waals surface area contributed by atoms with Gasteiger partial charge in [-0.25, -0.2) is 0 Å². The lowest BCUT2D eigenvalue weighted by Gasteiger charge is -2.26. The third-order valence-electron chi connectivity index (χ3n) is 4.20. The molecule has 2 amide bonds. The van der Waals surface area contributed by atoms with Crippen molar-refractivity contribution in [3.63, 3.8) is 0 Å². The highest BCUT2D eigenvalue weighted by Gasteiger charge is 2.20. The Kier molecular flexibility index (Phi) is 10.6. The molecular formula is C22H34N2O7. The summed E-state index contributed by atoms with van der Waals surface area (Å²) in [6.45, 7) is 8.52. The normalized spacial score (nSPS) is 10.6. The zero-order valence-electron chi connectivity index (χ0n) is 19.4. The van der Waals surface area contributed by atoms with E-state index >= 15 is 0 Å². The molecule has 9 heteroatoms. The van der Waals surface area contributed by atoms with Crippen molar-refractivity contribution < 1.29 is 33.3 Å². The van der Waals surface area contributed by atoms with Crippen molar-refractivity contribution in [1.29, 1.82) is 0 Å². The number of amides is 2. The number of nitrogens with one attached hydrogen (secondary N) is 1. The first-order valence-corrected chi connectivity index (χ1v) is 10.1. The van der Waals surface area contributed by atoms with Crippen LogP contribution in [0.15, 0.2) is 12.1 Å². The maximum atomic E-state index is 12.4. The smallest absolute Gasteiger partial charge is 0.325 e. The first-order valence-electron chi connectivity index (χ1n) is 10.1. The van der Waals surface area contributed by atoms with Crippen molar-refractivity contribution in [3.05, 3.63) is 17.7 Å². The molecule has 1 aromatic carbocycles. The molecule has 0 atom stereocenters. The van der Waals surface area contributed by atoms with Gasteiger partial charge in [-0.15, -0.1) is 0 Å². The molecule has 0 aromatic heterocycles. The van der Waals surface area contributed by atoms with E-state index in [-0.39, 0.29) is 24.6 Å². The third-order valence-corrected chi connectivity index (χ3v) is 4.20. The van der Waals surface area contributed by atoms with Gasteiger partial charge in [0.05, 0.1) is 21.3 Å². The van der Waals surface area contributed by atoms with Gasteiger partial charge in [0, 0.05) is 18.7 Å². The van der Waals surface area contributed by atoms with Gasteiger partial charge in [-0.1, -0.05) is 27.7 Å². The van der Waals surface area contributed by atoms with Gasteiger partial charge in [-0.05, 0) is 24.0 Å². The Morgan fingerprint density at radius 1 is 0.903 bits per heavy atom. The molecule has 0 saturated carbocycles. The van der Waals surface area contributed by atoms with Gasteiger partial charge in [-0.3, -0.25) is 14.4 Å². The molecule has 0 bridgehead atoms. The average molecular weight is 439 g/mol. The number of carbonyl (C=O) groups is 3. The number of esters is 1. The van der Waals surface area contributed by atoms with E-state index < -0.39 is 11.9 Å². The van der Waals surface area contributed by atoms with E-state index in [1.807, 2.05) is 27.7 Å². The molecule has 1 aromatic rings. The summed E-state index contributed by atoms with van der Waals surface area (Å²) in [4.78, 5) is 38.5. The van der Waals surface area contributed by atoms with Crippen LogP contribution in [0, 0.1) is 11.8 Å². The lowest BCUT2D eigenvalue weighted by molar-refractivity contribution is -0.151. The van der Waals surface area contributed by atoms with Crippen LogP contribution in [0.5, 0.6) is 17.2 Å². The molecule has 1 N–H and O–H groups in total. The summed E-state index contributed by atoms with van der Waals surface area (Å²) in [5.41, 5.74) is 0.221. The molecule has 0 radical (unpaired) electrons. The van der Waals surface area contributed by atoms with E-state index in [2.05, 4.69) is 5.32 Å². The maximum Gasteiger partial charge on any atom is 0.325 e. The number of methoxy groups -OCH3 is 3. The van der Waals surface area contributed by atoms with Crippen LogP contribution >= 0.6 is 0 Å². The van der Waals surface area contributed by atoms with Gasteiger partial charge in [-0.2, -0.15) is 0 Å². The molecule has 0 unspecified atom stereocenters. The molecule has 0 aliphatic heterocycles. The Morgan fingerprint density at radius 3 is 1.84 bits per heavy atom. The number of rotatable bonds is 12. The number of ether oxygens (including phenoxy) is 4. The SMILES string of the molecule is COc1cc(C(=O)NCC(=O)OCC(=O)N(CC(C)C)CC(C)C)cc(OC)c1OC. The lowest BCUT2D eigenvalue weighted by atomic mass is 10.1. The molecule has 1 rings (SSSR count). The summed E-state index contributed by atoms with van der Waals surface area (Å²) in [5, 5.41) is 2.47. The maximum absolute atomic E-state index is 12.4. The fraction of sp³-hybridized carbons (Fsp3) is 0.591. The minimum Gasteiger partial charge on any atom is -0.493 e. The number of nitrogens with zero attached hydrogens (tertiary/aromatic N) is 1. The summed E-state index contributed by atoms with van der Waals surface area (Å²) in [7, 11) is 4.34. The number of hydrogen-bond donors (Lipinski definition) is 1. The molecule has 174 valence electrons. The van der Waals surface area contributed by atoms with Crippen LogP contribution in [0.3, 0.4) is 0 Å². The van der Waals surface area contributed by atoms with Crippen molar-refractivity contribution in [2.24, 2.45) is 11.8 Å². The van der Waals surface area contributed by atoms with Gasteiger partial charge in [0.25, 0.3) is 11.8 Å². The molecule has 0 fully saturated rings.